The molecule has 0 spiro atoms. The van der Waals surface area contributed by atoms with E-state index in [1.807, 2.05) is 122 Å². The van der Waals surface area contributed by atoms with Crippen molar-refractivity contribution in [3.05, 3.63) is 139 Å². The Morgan fingerprint density at radius 1 is 0.745 bits per heavy atom. The number of thioether (sulfide) groups is 1. The third-order valence-corrected chi connectivity index (χ3v) is 12.1. The third-order valence-electron chi connectivity index (χ3n) is 9.87. The number of hydrogen-bond acceptors (Lipinski definition) is 8. The fourth-order valence-corrected chi connectivity index (χ4v) is 9.38. The minimum Gasteiger partial charge on any atom is -0.497 e. The Bertz CT molecular complexity index is 2520. The normalized spacial score (nSPS) is 17.2. The van der Waals surface area contributed by atoms with Gasteiger partial charge in [0.2, 0.25) is 0 Å². The van der Waals surface area contributed by atoms with Crippen LogP contribution in [0.3, 0.4) is 0 Å². The van der Waals surface area contributed by atoms with Crippen molar-refractivity contribution in [1.82, 2.24) is 4.90 Å². The van der Waals surface area contributed by atoms with E-state index in [1.54, 1.807) is 24.1 Å². The molecule has 2 atom stereocenters. The van der Waals surface area contributed by atoms with Crippen LogP contribution < -0.4 is 18.7 Å². The number of hydrogen-bond donors (Lipinski definition) is 2. The number of methoxy groups -OCH3 is 1. The van der Waals surface area contributed by atoms with Gasteiger partial charge in [0, 0.05) is 34.5 Å². The zero-order valence-corrected chi connectivity index (χ0v) is 32.2. The molecule has 0 saturated heterocycles. The Morgan fingerprint density at radius 3 is 1.89 bits per heavy atom. The van der Waals surface area contributed by atoms with E-state index in [2.05, 4.69) is 18.2 Å². The summed E-state index contributed by atoms with van der Waals surface area (Å²) in [6.07, 6.45) is -1.16. The second kappa shape index (κ2) is 15.1. The summed E-state index contributed by atoms with van der Waals surface area (Å²) in [5.41, 5.74) is 3.30. The first-order chi connectivity index (χ1) is 26.6. The lowest BCUT2D eigenvalue weighted by Gasteiger charge is -2.33. The van der Waals surface area contributed by atoms with Gasteiger partial charge in [-0.25, -0.2) is 4.57 Å². The number of ether oxygens (including phenoxy) is 1. The number of fused-ring (bicyclic) bond motifs is 7. The fraction of sp³-hybridized carbons (Fsp3) is 0.159. The molecule has 11 heteroatoms. The van der Waals surface area contributed by atoms with Gasteiger partial charge < -0.3 is 28.7 Å². The highest BCUT2D eigenvalue weighted by atomic mass is 32.2. The van der Waals surface area contributed by atoms with Crippen LogP contribution >= 0.6 is 19.6 Å². The summed E-state index contributed by atoms with van der Waals surface area (Å²) >= 11 is 1.54. The predicted molar refractivity (Wildman–Crippen MR) is 220 cm³/mol. The average Bonchev–Trinajstić information content (AvgIpc) is 3.32. The van der Waals surface area contributed by atoms with Crippen LogP contribution in [0.1, 0.15) is 10.8 Å². The van der Waals surface area contributed by atoms with Gasteiger partial charge in [-0.2, -0.15) is 0 Å². The van der Waals surface area contributed by atoms with Gasteiger partial charge in [-0.1, -0.05) is 97.1 Å². The zero-order valence-electron chi connectivity index (χ0n) is 30.5. The van der Waals surface area contributed by atoms with Gasteiger partial charge in [-0.05, 0) is 83.0 Å². The second-order valence-electron chi connectivity index (χ2n) is 13.7. The summed E-state index contributed by atoms with van der Waals surface area (Å²) in [7, 11) is 1.34. The van der Waals surface area contributed by atoms with E-state index in [0.717, 1.165) is 65.3 Å². The van der Waals surface area contributed by atoms with Crippen LogP contribution in [0.2, 0.25) is 0 Å². The summed E-state index contributed by atoms with van der Waals surface area (Å²) in [4.78, 5) is 28.4. The topological polar surface area (TPSA) is 109 Å². The van der Waals surface area contributed by atoms with Crippen molar-refractivity contribution in [2.45, 2.75) is 16.2 Å². The summed E-state index contributed by atoms with van der Waals surface area (Å²) < 4.78 is 28.4. The van der Waals surface area contributed by atoms with Crippen molar-refractivity contribution in [1.29, 1.82) is 0 Å². The maximum Gasteiger partial charge on any atom is 0.584 e. The fourth-order valence-electron chi connectivity index (χ4n) is 7.23. The van der Waals surface area contributed by atoms with Crippen LogP contribution in [0.25, 0.3) is 43.4 Å². The summed E-state index contributed by atoms with van der Waals surface area (Å²) in [6.45, 7) is 1.22. The third kappa shape index (κ3) is 7.15. The van der Waals surface area contributed by atoms with Crippen molar-refractivity contribution in [3.8, 4) is 28.4 Å². The molecule has 1 amide bonds. The monoisotopic (exact) mass is 770 g/mol. The Balaban J connectivity index is 0.000000158. The Kier molecular flexibility index (Phi) is 10.0. The first-order valence-electron chi connectivity index (χ1n) is 17.8. The molecule has 0 aromatic heterocycles. The second-order valence-corrected chi connectivity index (χ2v) is 16.1. The number of benzene rings is 7. The predicted octanol–water partition coefficient (Wildman–Crippen LogP) is 9.48. The van der Waals surface area contributed by atoms with Gasteiger partial charge in [-0.15, -0.1) is 11.8 Å². The van der Waals surface area contributed by atoms with Gasteiger partial charge in [-0.3, -0.25) is 9.69 Å². The minimum atomic E-state index is -4.25. The number of likely N-dealkylation sites (N-methyl/N-ethyl adjacent to an activating group) is 1. The van der Waals surface area contributed by atoms with Crippen molar-refractivity contribution in [3.63, 3.8) is 0 Å². The van der Waals surface area contributed by atoms with E-state index >= 15 is 0 Å². The lowest BCUT2D eigenvalue weighted by atomic mass is 9.92. The molecule has 0 fully saturated rings. The molecule has 55 heavy (non-hydrogen) atoms. The number of aliphatic hydroxyl groups is 1. The van der Waals surface area contributed by atoms with Gasteiger partial charge in [0.05, 0.1) is 18.0 Å². The van der Waals surface area contributed by atoms with Crippen LogP contribution in [0.5, 0.6) is 17.2 Å². The first kappa shape index (κ1) is 36.6. The zero-order chi connectivity index (χ0) is 38.3. The van der Waals surface area contributed by atoms with Crippen molar-refractivity contribution < 1.29 is 33.1 Å². The van der Waals surface area contributed by atoms with Crippen molar-refractivity contribution in [2.75, 3.05) is 39.2 Å². The number of aliphatic hydroxyl groups excluding tert-OH is 1. The molecule has 0 aliphatic carbocycles. The molecule has 9 nitrogen and oxygen atoms in total. The smallest absolute Gasteiger partial charge is 0.497 e. The van der Waals surface area contributed by atoms with E-state index in [0.29, 0.717) is 24.6 Å². The SMILES string of the molecule is COc1ccc([C@@H]2Sc3cccc4cccc(c34)N(CCN(C)C)C(=O)[C@@H]2O)cc1.O=P1(O)Oc2ccc3ccccc3c2-c2c(ccc3ccccc23)O1. The van der Waals surface area contributed by atoms with Crippen molar-refractivity contribution in [2.24, 2.45) is 0 Å². The highest BCUT2D eigenvalue weighted by Crippen LogP contribution is 2.56. The van der Waals surface area contributed by atoms with Crippen LogP contribution in [0, 0.1) is 0 Å². The molecule has 0 bridgehead atoms. The first-order valence-corrected chi connectivity index (χ1v) is 20.2. The molecule has 2 aliphatic rings. The van der Waals surface area contributed by atoms with E-state index in [-0.39, 0.29) is 5.91 Å². The summed E-state index contributed by atoms with van der Waals surface area (Å²) in [6, 6.07) is 42.7. The molecule has 2 aliphatic heterocycles. The molecule has 2 heterocycles. The quantitative estimate of drug-likeness (QED) is 0.166. The maximum atomic E-state index is 13.5. The van der Waals surface area contributed by atoms with E-state index < -0.39 is 19.2 Å². The highest BCUT2D eigenvalue weighted by Gasteiger charge is 2.36. The number of amides is 1. The highest BCUT2D eigenvalue weighted by molar-refractivity contribution is 7.99. The lowest BCUT2D eigenvalue weighted by Crippen LogP contribution is -2.45. The van der Waals surface area contributed by atoms with E-state index in [1.165, 1.54) is 11.8 Å². The van der Waals surface area contributed by atoms with E-state index in [4.69, 9.17) is 13.8 Å². The van der Waals surface area contributed by atoms with Gasteiger partial charge in [0.1, 0.15) is 23.4 Å². The Labute approximate surface area is 323 Å². The number of phosphoric acid groups is 1. The number of nitrogens with zero attached hydrogens (tertiary/aromatic N) is 2. The maximum absolute atomic E-state index is 13.5. The van der Waals surface area contributed by atoms with Crippen LogP contribution in [-0.2, 0) is 9.36 Å². The summed E-state index contributed by atoms with van der Waals surface area (Å²) in [5.74, 6) is 1.17. The van der Waals surface area contributed by atoms with Crippen LogP contribution in [-0.4, -0.2) is 61.2 Å². The molecule has 278 valence electrons. The molecular weight excluding hydrogens is 732 g/mol. The number of rotatable bonds is 5. The standard InChI is InChI=1S/C24H26N2O3S.C20H13O4P/c1-25(2)14-15-26-19-8-4-6-16-7-5-9-20(21(16)19)30-23(22(27)24(26)28)17-10-12-18(29-3)13-11-17;21-25(22)23-17-11-9-13-5-1-3-7-15(13)19(17)20-16-8-4-2-6-14(16)10-12-18(20)24-25/h4-13,22-23,27H,14-15H2,1-3H3;1-12H,(H,21,22)/t22-,23+;/m1./s1. The van der Waals surface area contributed by atoms with Gasteiger partial charge in [0.15, 0.2) is 0 Å². The number of carbonyl (C=O) groups excluding carboxylic acids is 1. The van der Waals surface area contributed by atoms with Gasteiger partial charge in [0.25, 0.3) is 5.91 Å². The molecule has 0 unspecified atom stereocenters. The molecule has 2 N–H and O–H groups in total. The molecule has 9 rings (SSSR count). The van der Waals surface area contributed by atoms with Crippen LogP contribution in [0.15, 0.2) is 138 Å². The number of anilines is 1. The molecule has 7 aromatic carbocycles. The van der Waals surface area contributed by atoms with Gasteiger partial charge >= 0.3 is 7.82 Å². The number of carbonyl (C=O) groups is 1. The Morgan fingerprint density at radius 2 is 1.31 bits per heavy atom. The Hall–Kier alpha value is -5.35. The average molecular weight is 771 g/mol. The minimum absolute atomic E-state index is 0.271. The largest absolute Gasteiger partial charge is 0.584 e. The molecule has 7 aromatic rings. The summed E-state index contributed by atoms with van der Waals surface area (Å²) in [5, 5.41) is 16.9. The lowest BCUT2D eigenvalue weighted by molar-refractivity contribution is -0.126. The molecular formula is C44H39N2O7PS. The molecule has 0 saturated carbocycles. The van der Waals surface area contributed by atoms with Crippen LogP contribution in [0.4, 0.5) is 5.69 Å². The molecule has 0 radical (unpaired) electrons. The number of phosphoric ester groups is 1. The van der Waals surface area contributed by atoms with E-state index in [9.17, 15) is 19.4 Å². The van der Waals surface area contributed by atoms with Crippen molar-refractivity contribution >= 4 is 63.5 Å².